The summed E-state index contributed by atoms with van der Waals surface area (Å²) in [6.45, 7) is 2.49. The van der Waals surface area contributed by atoms with Gasteiger partial charge in [-0.05, 0) is 13.0 Å². The number of aromatic nitrogens is 3. The molecule has 4 nitrogen and oxygen atoms in total. The lowest BCUT2D eigenvalue weighted by Gasteiger charge is -1.96. The lowest BCUT2D eigenvalue weighted by Crippen LogP contribution is -1.98. The van der Waals surface area contributed by atoms with Crippen LogP contribution in [0.4, 0.5) is 0 Å². The number of nitrogens with two attached hydrogens (primary N) is 1. The van der Waals surface area contributed by atoms with Crippen LogP contribution < -0.4 is 5.73 Å². The Balaban J connectivity index is 2.52. The predicted molar refractivity (Wildman–Crippen MR) is 51.0 cm³/mol. The van der Waals surface area contributed by atoms with E-state index in [0.29, 0.717) is 6.54 Å². The van der Waals surface area contributed by atoms with Gasteiger partial charge < -0.3 is 10.7 Å². The Morgan fingerprint density at radius 1 is 1.54 bits per heavy atom. The molecule has 0 atom stereocenters. The number of hydrogen-bond donors (Lipinski definition) is 3. The number of H-pyrrole nitrogens is 2. The monoisotopic (exact) mass is 176 g/mol. The topological polar surface area (TPSA) is 70.5 Å². The highest BCUT2D eigenvalue weighted by atomic mass is 15.1. The van der Waals surface area contributed by atoms with E-state index in [0.717, 1.165) is 22.5 Å². The van der Waals surface area contributed by atoms with Crippen LogP contribution in [0.2, 0.25) is 0 Å². The predicted octanol–water partition coefficient (Wildman–Crippen LogP) is 1.17. The number of rotatable bonds is 2. The summed E-state index contributed by atoms with van der Waals surface area (Å²) in [5, 5.41) is 7.14. The van der Waals surface area contributed by atoms with Gasteiger partial charge in [0.15, 0.2) is 0 Å². The van der Waals surface area contributed by atoms with Crippen molar-refractivity contribution in [3.63, 3.8) is 0 Å². The first-order valence-corrected chi connectivity index (χ1v) is 4.20. The van der Waals surface area contributed by atoms with E-state index in [4.69, 9.17) is 5.73 Å². The highest BCUT2D eigenvalue weighted by Gasteiger charge is 2.10. The number of aryl methyl sites for hydroxylation is 1. The molecule has 13 heavy (non-hydrogen) atoms. The molecule has 4 heteroatoms. The summed E-state index contributed by atoms with van der Waals surface area (Å²) in [5.74, 6) is 0. The number of hydrogen-bond acceptors (Lipinski definition) is 2. The molecular formula is C9H12N4. The molecule has 0 aliphatic carbocycles. The molecule has 0 fully saturated rings. The van der Waals surface area contributed by atoms with Crippen LogP contribution in [-0.2, 0) is 6.54 Å². The maximum Gasteiger partial charge on any atom is 0.0983 e. The summed E-state index contributed by atoms with van der Waals surface area (Å²) in [7, 11) is 0. The number of nitrogens with one attached hydrogen (secondary N) is 2. The van der Waals surface area contributed by atoms with E-state index in [1.165, 1.54) is 0 Å². The highest BCUT2D eigenvalue weighted by Crippen LogP contribution is 2.22. The van der Waals surface area contributed by atoms with Crippen LogP contribution >= 0.6 is 0 Å². The van der Waals surface area contributed by atoms with E-state index in [9.17, 15) is 0 Å². The van der Waals surface area contributed by atoms with Crippen molar-refractivity contribution in [1.29, 1.82) is 0 Å². The molecular weight excluding hydrogens is 164 g/mol. The smallest absolute Gasteiger partial charge is 0.0983 e. The summed E-state index contributed by atoms with van der Waals surface area (Å²) >= 11 is 0. The van der Waals surface area contributed by atoms with Gasteiger partial charge in [0.25, 0.3) is 0 Å². The first-order valence-electron chi connectivity index (χ1n) is 4.20. The van der Waals surface area contributed by atoms with E-state index in [-0.39, 0.29) is 0 Å². The zero-order chi connectivity index (χ0) is 9.26. The maximum atomic E-state index is 5.63. The molecule has 0 aliphatic rings. The van der Waals surface area contributed by atoms with Crippen molar-refractivity contribution >= 4 is 0 Å². The van der Waals surface area contributed by atoms with Crippen molar-refractivity contribution in [1.82, 2.24) is 15.2 Å². The van der Waals surface area contributed by atoms with Gasteiger partial charge in [-0.2, -0.15) is 5.10 Å². The zero-order valence-electron chi connectivity index (χ0n) is 7.46. The van der Waals surface area contributed by atoms with E-state index in [1.807, 2.05) is 25.4 Å². The molecule has 0 spiro atoms. The molecule has 2 heterocycles. The Labute approximate surface area is 76.2 Å². The summed E-state index contributed by atoms with van der Waals surface area (Å²) in [6.07, 6.45) is 3.79. The van der Waals surface area contributed by atoms with E-state index >= 15 is 0 Å². The first-order chi connectivity index (χ1) is 6.33. The van der Waals surface area contributed by atoms with Gasteiger partial charge in [-0.25, -0.2) is 0 Å². The summed E-state index contributed by atoms with van der Waals surface area (Å²) in [4.78, 5) is 2.99. The van der Waals surface area contributed by atoms with Crippen LogP contribution in [0, 0.1) is 6.92 Å². The van der Waals surface area contributed by atoms with Crippen molar-refractivity contribution in [2.75, 3.05) is 0 Å². The van der Waals surface area contributed by atoms with Crippen LogP contribution in [0.5, 0.6) is 0 Å². The van der Waals surface area contributed by atoms with E-state index in [2.05, 4.69) is 15.2 Å². The minimum atomic E-state index is 0.517. The molecule has 2 aromatic rings. The SMILES string of the molecule is Cc1[nH]nc(-c2cc[nH]c2)c1CN. The van der Waals surface area contributed by atoms with E-state index < -0.39 is 0 Å². The molecule has 0 bridgehead atoms. The molecule has 2 rings (SSSR count). The second-order valence-corrected chi connectivity index (χ2v) is 2.98. The van der Waals surface area contributed by atoms with Crippen molar-refractivity contribution in [3.05, 3.63) is 29.7 Å². The minimum absolute atomic E-state index is 0.517. The molecule has 0 amide bonds. The Bertz CT molecular complexity index is 386. The van der Waals surface area contributed by atoms with Crippen molar-refractivity contribution in [3.8, 4) is 11.3 Å². The number of aromatic amines is 2. The van der Waals surface area contributed by atoms with Gasteiger partial charge in [0.05, 0.1) is 5.69 Å². The molecule has 0 unspecified atom stereocenters. The van der Waals surface area contributed by atoms with Crippen LogP contribution in [0.1, 0.15) is 11.3 Å². The Morgan fingerprint density at radius 3 is 3.00 bits per heavy atom. The lowest BCUT2D eigenvalue weighted by molar-refractivity contribution is 1.03. The second-order valence-electron chi connectivity index (χ2n) is 2.98. The van der Waals surface area contributed by atoms with Crippen molar-refractivity contribution in [2.24, 2.45) is 5.73 Å². The van der Waals surface area contributed by atoms with Crippen LogP contribution in [0.25, 0.3) is 11.3 Å². The fourth-order valence-electron chi connectivity index (χ4n) is 1.41. The van der Waals surface area contributed by atoms with Gasteiger partial charge in [0.1, 0.15) is 0 Å². The van der Waals surface area contributed by atoms with Crippen LogP contribution in [0.3, 0.4) is 0 Å². The summed E-state index contributed by atoms with van der Waals surface area (Å²) in [6, 6.07) is 1.98. The normalized spacial score (nSPS) is 10.6. The van der Waals surface area contributed by atoms with Gasteiger partial charge in [0.2, 0.25) is 0 Å². The van der Waals surface area contributed by atoms with Gasteiger partial charge in [0, 0.05) is 35.8 Å². The fourth-order valence-corrected chi connectivity index (χ4v) is 1.41. The zero-order valence-corrected chi connectivity index (χ0v) is 7.46. The standard InChI is InChI=1S/C9H12N4/c1-6-8(4-10)9(13-12-6)7-2-3-11-5-7/h2-3,5,11H,4,10H2,1H3,(H,12,13). The fraction of sp³-hybridized carbons (Fsp3) is 0.222. The molecule has 0 aromatic carbocycles. The third-order valence-electron chi connectivity index (χ3n) is 2.15. The van der Waals surface area contributed by atoms with Gasteiger partial charge in [-0.15, -0.1) is 0 Å². The Kier molecular flexibility index (Phi) is 1.90. The van der Waals surface area contributed by atoms with Gasteiger partial charge in [-0.3, -0.25) is 5.10 Å². The Morgan fingerprint density at radius 2 is 2.38 bits per heavy atom. The van der Waals surface area contributed by atoms with E-state index in [1.54, 1.807) is 0 Å². The van der Waals surface area contributed by atoms with Gasteiger partial charge >= 0.3 is 0 Å². The molecule has 4 N–H and O–H groups in total. The minimum Gasteiger partial charge on any atom is -0.367 e. The van der Waals surface area contributed by atoms with Gasteiger partial charge in [-0.1, -0.05) is 0 Å². The third-order valence-corrected chi connectivity index (χ3v) is 2.15. The molecule has 0 aliphatic heterocycles. The average Bonchev–Trinajstić information content (AvgIpc) is 2.71. The maximum absolute atomic E-state index is 5.63. The Hall–Kier alpha value is -1.55. The summed E-state index contributed by atoms with van der Waals surface area (Å²) in [5.41, 5.74) is 9.77. The lowest BCUT2D eigenvalue weighted by atomic mass is 10.1. The molecule has 0 radical (unpaired) electrons. The van der Waals surface area contributed by atoms with Crippen LogP contribution in [-0.4, -0.2) is 15.2 Å². The molecule has 0 saturated carbocycles. The third kappa shape index (κ3) is 1.25. The molecule has 0 saturated heterocycles. The molecule has 2 aromatic heterocycles. The second kappa shape index (κ2) is 3.06. The van der Waals surface area contributed by atoms with Crippen molar-refractivity contribution in [2.45, 2.75) is 13.5 Å². The summed E-state index contributed by atoms with van der Waals surface area (Å²) < 4.78 is 0. The highest BCUT2D eigenvalue weighted by molar-refractivity contribution is 5.62. The largest absolute Gasteiger partial charge is 0.367 e. The van der Waals surface area contributed by atoms with Crippen molar-refractivity contribution < 1.29 is 0 Å². The quantitative estimate of drug-likeness (QED) is 0.642. The number of nitrogens with zero attached hydrogens (tertiary/aromatic N) is 1. The first kappa shape index (κ1) is 8.07. The molecule has 68 valence electrons. The average molecular weight is 176 g/mol. The van der Waals surface area contributed by atoms with Crippen LogP contribution in [0.15, 0.2) is 18.5 Å².